The summed E-state index contributed by atoms with van der Waals surface area (Å²) < 4.78 is 45.4. The van der Waals surface area contributed by atoms with Gasteiger partial charge in [-0.3, -0.25) is 14.4 Å². The Kier molecular flexibility index (Phi) is 10.3. The van der Waals surface area contributed by atoms with E-state index in [4.69, 9.17) is 23.6 Å². The van der Waals surface area contributed by atoms with E-state index in [9.17, 15) is 22.8 Å². The Morgan fingerprint density at radius 1 is 1.11 bits per heavy atom. The van der Waals surface area contributed by atoms with Gasteiger partial charge in [-0.05, 0) is 83.3 Å². The zero-order valence-corrected chi connectivity index (χ0v) is 33.3. The van der Waals surface area contributed by atoms with Gasteiger partial charge in [-0.2, -0.15) is 8.42 Å². The Balaban J connectivity index is 1.20. The first-order valence-corrected chi connectivity index (χ1v) is 21.0. The van der Waals surface area contributed by atoms with Crippen molar-refractivity contribution < 1.29 is 36.5 Å². The van der Waals surface area contributed by atoms with Crippen LogP contribution in [0.25, 0.3) is 21.6 Å². The second kappa shape index (κ2) is 14.5. The summed E-state index contributed by atoms with van der Waals surface area (Å²) in [5.74, 6) is -1.99. The molecular weight excluding hydrogens is 731 g/mol. The second-order valence-electron chi connectivity index (χ2n) is 15.8. The molecule has 0 spiro atoms. The van der Waals surface area contributed by atoms with Gasteiger partial charge in [0, 0.05) is 41.9 Å². The monoisotopic (exact) mass is 779 g/mol. The van der Waals surface area contributed by atoms with Gasteiger partial charge in [-0.25, -0.2) is 18.9 Å². The number of aromatic nitrogens is 2. The van der Waals surface area contributed by atoms with E-state index in [2.05, 4.69) is 23.9 Å². The number of methoxy groups -OCH3 is 1. The number of ether oxygens (including phenoxy) is 2. The molecule has 1 aliphatic heterocycles. The number of fused-ring (bicyclic) bond motifs is 3. The summed E-state index contributed by atoms with van der Waals surface area (Å²) in [4.78, 5) is 53.7. The van der Waals surface area contributed by atoms with Crippen molar-refractivity contribution in [1.82, 2.24) is 24.9 Å². The van der Waals surface area contributed by atoms with E-state index in [0.717, 1.165) is 40.9 Å². The van der Waals surface area contributed by atoms with Crippen molar-refractivity contribution in [3.05, 3.63) is 47.0 Å². The highest BCUT2D eigenvalue weighted by molar-refractivity contribution is 7.85. The van der Waals surface area contributed by atoms with Crippen molar-refractivity contribution in [2.75, 3.05) is 20.7 Å². The van der Waals surface area contributed by atoms with Gasteiger partial charge in [0.25, 0.3) is 5.91 Å². The molecule has 0 bridgehead atoms. The molecule has 54 heavy (non-hydrogen) atoms. The predicted molar refractivity (Wildman–Crippen MR) is 204 cm³/mol. The number of pyridine rings is 1. The lowest BCUT2D eigenvalue weighted by Gasteiger charge is -2.26. The Morgan fingerprint density at radius 3 is 2.57 bits per heavy atom. The van der Waals surface area contributed by atoms with Crippen molar-refractivity contribution >= 4 is 50.3 Å². The molecule has 5 atom stereocenters. The summed E-state index contributed by atoms with van der Waals surface area (Å²) in [7, 11) is -1.05. The minimum atomic E-state index is -4.42. The first-order chi connectivity index (χ1) is 25.6. The third kappa shape index (κ3) is 7.72. The number of thiazole rings is 1. The smallest absolute Gasteiger partial charge is 0.362 e. The topological polar surface area (TPSA) is 166 Å². The van der Waals surface area contributed by atoms with E-state index in [1.165, 1.54) is 11.3 Å². The van der Waals surface area contributed by atoms with Crippen molar-refractivity contribution in [2.45, 2.75) is 102 Å². The normalized spacial score (nSPS) is 26.8. The van der Waals surface area contributed by atoms with Gasteiger partial charge in [0.2, 0.25) is 11.8 Å². The fourth-order valence-electron chi connectivity index (χ4n) is 7.62. The SMILES string of the molecule is COc1ccc2c(O[C@@H]3C[C@H]4C(=O)N[C@]5(C(=O)NS(=O)(=O)OC6(C)CC6)C[C@H]5C=CCCCCN(C)C(=O)[C@@H]4C3)cc(-c3nc(C(C)C)cs3)nc2c1C. The molecule has 3 heterocycles. The molecule has 3 aromatic rings. The highest BCUT2D eigenvalue weighted by atomic mass is 32.2. The molecule has 0 unspecified atom stereocenters. The van der Waals surface area contributed by atoms with Crippen LogP contribution < -0.4 is 19.5 Å². The summed E-state index contributed by atoms with van der Waals surface area (Å²) in [5.41, 5.74) is 0.824. The molecule has 2 N–H and O–H groups in total. The Bertz CT molecular complexity index is 2110. The average Bonchev–Trinajstić information content (AvgIpc) is 3.84. The molecule has 0 saturated heterocycles. The molecule has 3 aliphatic carbocycles. The highest BCUT2D eigenvalue weighted by Gasteiger charge is 2.62. The maximum Gasteiger partial charge on any atom is 0.362 e. The number of rotatable bonds is 9. The van der Waals surface area contributed by atoms with Crippen LogP contribution in [0, 0.1) is 24.7 Å². The lowest BCUT2D eigenvalue weighted by atomic mass is 9.93. The number of hydrogen-bond donors (Lipinski definition) is 2. The van der Waals surface area contributed by atoms with Gasteiger partial charge in [0.15, 0.2) is 0 Å². The molecule has 4 aliphatic rings. The van der Waals surface area contributed by atoms with Gasteiger partial charge in [0.05, 0.1) is 35.8 Å². The molecule has 3 fully saturated rings. The highest BCUT2D eigenvalue weighted by Crippen LogP contribution is 2.48. The molecule has 1 aromatic carbocycles. The third-order valence-electron chi connectivity index (χ3n) is 11.3. The van der Waals surface area contributed by atoms with Crippen molar-refractivity contribution in [3.8, 4) is 22.2 Å². The molecule has 290 valence electrons. The summed E-state index contributed by atoms with van der Waals surface area (Å²) in [6.45, 7) is 8.33. The average molecular weight is 780 g/mol. The number of allylic oxidation sites excluding steroid dienone is 1. The number of aryl methyl sites for hydroxylation is 1. The van der Waals surface area contributed by atoms with Gasteiger partial charge < -0.3 is 19.7 Å². The van der Waals surface area contributed by atoms with Crippen LogP contribution in [0.15, 0.2) is 35.7 Å². The standard InChI is InChI=1S/C39H49N5O8S2/c1-22(2)30-21-53-35(41-30)29-19-32(26-12-13-31(50-6)23(3)33(26)40-29)51-25-17-27-28(18-25)36(46)44(5)16-10-8-7-9-11-24-20-39(24,42-34(27)45)37(47)43-54(48,49)52-38(4)14-15-38/h9,11-13,19,21-22,24-25,27-28H,7-8,10,14-18,20H2,1-6H3,(H,42,45)(H,43,47)/t24-,25-,27-,28-,39-/m1/s1. The minimum Gasteiger partial charge on any atom is -0.496 e. The predicted octanol–water partition coefficient (Wildman–Crippen LogP) is 5.58. The summed E-state index contributed by atoms with van der Waals surface area (Å²) in [6.07, 6.45) is 7.46. The number of nitrogens with one attached hydrogen (secondary N) is 2. The van der Waals surface area contributed by atoms with Gasteiger partial charge in [-0.1, -0.05) is 26.0 Å². The minimum absolute atomic E-state index is 0.168. The summed E-state index contributed by atoms with van der Waals surface area (Å²) >= 11 is 1.51. The van der Waals surface area contributed by atoms with Crippen LogP contribution in [0.4, 0.5) is 0 Å². The van der Waals surface area contributed by atoms with Crippen LogP contribution in [0.2, 0.25) is 0 Å². The zero-order valence-electron chi connectivity index (χ0n) is 31.6. The van der Waals surface area contributed by atoms with E-state index >= 15 is 0 Å². The molecule has 7 rings (SSSR count). The van der Waals surface area contributed by atoms with E-state index in [0.29, 0.717) is 42.1 Å². The summed E-state index contributed by atoms with van der Waals surface area (Å²) in [6, 6.07) is 5.64. The van der Waals surface area contributed by atoms with Crippen LogP contribution in [0.1, 0.15) is 89.3 Å². The van der Waals surface area contributed by atoms with Gasteiger partial charge in [-0.15, -0.1) is 11.3 Å². The molecule has 3 amide bonds. The maximum absolute atomic E-state index is 14.3. The van der Waals surface area contributed by atoms with Crippen molar-refractivity contribution in [3.63, 3.8) is 0 Å². The molecule has 15 heteroatoms. The molecule has 13 nitrogen and oxygen atoms in total. The van der Waals surface area contributed by atoms with Crippen LogP contribution in [-0.2, 0) is 28.9 Å². The third-order valence-corrected chi connectivity index (χ3v) is 13.2. The molecule has 3 saturated carbocycles. The summed E-state index contributed by atoms with van der Waals surface area (Å²) in [5, 5.41) is 6.46. The molecule has 2 aromatic heterocycles. The molecule has 0 radical (unpaired) electrons. The lowest BCUT2D eigenvalue weighted by molar-refractivity contribution is -0.140. The zero-order chi connectivity index (χ0) is 38.6. The number of carbonyl (C=O) groups is 3. The van der Waals surface area contributed by atoms with Crippen LogP contribution in [-0.4, -0.2) is 79.0 Å². The fraction of sp³-hybridized carbons (Fsp3) is 0.564. The lowest BCUT2D eigenvalue weighted by Crippen LogP contribution is -2.54. The van der Waals surface area contributed by atoms with Gasteiger partial charge >= 0.3 is 10.3 Å². The first kappa shape index (κ1) is 38.2. The van der Waals surface area contributed by atoms with Crippen molar-refractivity contribution in [2.24, 2.45) is 17.8 Å². The van der Waals surface area contributed by atoms with E-state index < -0.39 is 57.1 Å². The van der Waals surface area contributed by atoms with E-state index in [-0.39, 0.29) is 31.1 Å². The number of nitrogens with zero attached hydrogens (tertiary/aromatic N) is 3. The number of benzene rings is 1. The second-order valence-corrected chi connectivity index (χ2v) is 18.0. The Labute approximate surface area is 320 Å². The first-order valence-electron chi connectivity index (χ1n) is 18.7. The number of carbonyl (C=O) groups excluding carboxylic acids is 3. The van der Waals surface area contributed by atoms with E-state index in [1.807, 2.05) is 42.7 Å². The van der Waals surface area contributed by atoms with Crippen LogP contribution in [0.5, 0.6) is 11.5 Å². The number of amides is 3. The van der Waals surface area contributed by atoms with Crippen molar-refractivity contribution in [1.29, 1.82) is 0 Å². The van der Waals surface area contributed by atoms with E-state index in [1.54, 1.807) is 26.0 Å². The van der Waals surface area contributed by atoms with Crippen LogP contribution >= 0.6 is 11.3 Å². The van der Waals surface area contributed by atoms with Crippen LogP contribution in [0.3, 0.4) is 0 Å². The fourth-order valence-corrected chi connectivity index (χ4v) is 9.70. The molecular formula is C39H49N5O8S2. The largest absolute Gasteiger partial charge is 0.496 e. The quantitative estimate of drug-likeness (QED) is 0.262. The Morgan fingerprint density at radius 2 is 1.87 bits per heavy atom. The maximum atomic E-state index is 14.3. The number of hydrogen-bond acceptors (Lipinski definition) is 11. The Hall–Kier alpha value is -4.08. The van der Waals surface area contributed by atoms with Gasteiger partial charge in [0.1, 0.15) is 33.8 Å².